The van der Waals surface area contributed by atoms with E-state index in [1.807, 2.05) is 25.1 Å². The summed E-state index contributed by atoms with van der Waals surface area (Å²) in [6.45, 7) is 3.01. The Balaban J connectivity index is 2.44. The van der Waals surface area contributed by atoms with E-state index in [-0.39, 0.29) is 11.9 Å². The maximum absolute atomic E-state index is 13.6. The van der Waals surface area contributed by atoms with Gasteiger partial charge in [-0.05, 0) is 23.9 Å². The average Bonchev–Trinajstić information content (AvgIpc) is 2.37. The lowest BCUT2D eigenvalue weighted by Crippen LogP contribution is -2.17. The first-order valence-electron chi connectivity index (χ1n) is 5.74. The van der Waals surface area contributed by atoms with Crippen LogP contribution in [0.25, 0.3) is 10.8 Å². The van der Waals surface area contributed by atoms with Gasteiger partial charge in [0.25, 0.3) is 0 Å². The molecule has 0 aromatic heterocycles. The fourth-order valence-electron chi connectivity index (χ4n) is 1.94. The largest absolute Gasteiger partial charge is 0.380 e. The molecule has 0 radical (unpaired) electrons. The van der Waals surface area contributed by atoms with Crippen LogP contribution in [0.15, 0.2) is 36.4 Å². The number of rotatable bonds is 4. The number of halogens is 1. The molecule has 0 aliphatic carbocycles. The van der Waals surface area contributed by atoms with Crippen molar-refractivity contribution in [2.45, 2.75) is 13.0 Å². The molecule has 0 aliphatic heterocycles. The third-order valence-corrected chi connectivity index (χ3v) is 2.81. The molecule has 90 valence electrons. The Hall–Kier alpha value is -1.45. The number of fused-ring (bicyclic) bond motifs is 1. The quantitative estimate of drug-likeness (QED) is 0.881. The Labute approximate surface area is 100 Å². The van der Waals surface area contributed by atoms with Crippen molar-refractivity contribution in [1.82, 2.24) is 0 Å². The molecular weight excluding hydrogens is 217 g/mol. The van der Waals surface area contributed by atoms with Crippen LogP contribution < -0.4 is 5.73 Å². The highest BCUT2D eigenvalue weighted by Crippen LogP contribution is 2.25. The number of hydrogen-bond donors (Lipinski definition) is 1. The Bertz CT molecular complexity index is 513. The molecule has 2 aromatic carbocycles. The predicted molar refractivity (Wildman–Crippen MR) is 67.3 cm³/mol. The van der Waals surface area contributed by atoms with Crippen molar-refractivity contribution in [3.05, 3.63) is 47.8 Å². The second-order valence-corrected chi connectivity index (χ2v) is 3.95. The first kappa shape index (κ1) is 12.0. The smallest absolute Gasteiger partial charge is 0.131 e. The van der Waals surface area contributed by atoms with Gasteiger partial charge in [0.15, 0.2) is 0 Å². The molecule has 2 rings (SSSR count). The second kappa shape index (κ2) is 5.25. The van der Waals surface area contributed by atoms with Crippen molar-refractivity contribution >= 4 is 10.8 Å². The van der Waals surface area contributed by atoms with Gasteiger partial charge >= 0.3 is 0 Å². The normalized spacial score (nSPS) is 12.9. The zero-order chi connectivity index (χ0) is 12.3. The minimum absolute atomic E-state index is 0.215. The minimum atomic E-state index is -0.222. The monoisotopic (exact) mass is 233 g/mol. The Kier molecular flexibility index (Phi) is 3.71. The maximum atomic E-state index is 13.6. The summed E-state index contributed by atoms with van der Waals surface area (Å²) in [6.07, 6.45) is 0. The van der Waals surface area contributed by atoms with Crippen molar-refractivity contribution in [3.63, 3.8) is 0 Å². The SMILES string of the molecule is CCOCC(N)c1ccc(F)c2ccccc12. The summed E-state index contributed by atoms with van der Waals surface area (Å²) in [5, 5.41) is 1.47. The number of nitrogens with two attached hydrogens (primary N) is 1. The maximum Gasteiger partial charge on any atom is 0.131 e. The molecular formula is C14H16FNO. The van der Waals surface area contributed by atoms with Crippen LogP contribution in [0.5, 0.6) is 0 Å². The molecule has 3 heteroatoms. The zero-order valence-corrected chi connectivity index (χ0v) is 9.82. The van der Waals surface area contributed by atoms with Crippen LogP contribution in [0.3, 0.4) is 0 Å². The molecule has 0 saturated carbocycles. The van der Waals surface area contributed by atoms with E-state index in [4.69, 9.17) is 10.5 Å². The molecule has 0 fully saturated rings. The summed E-state index contributed by atoms with van der Waals surface area (Å²) in [7, 11) is 0. The van der Waals surface area contributed by atoms with Crippen molar-refractivity contribution < 1.29 is 9.13 Å². The van der Waals surface area contributed by atoms with Gasteiger partial charge in [0.2, 0.25) is 0 Å². The fraction of sp³-hybridized carbons (Fsp3) is 0.286. The van der Waals surface area contributed by atoms with Crippen molar-refractivity contribution in [3.8, 4) is 0 Å². The molecule has 0 aliphatic rings. The van der Waals surface area contributed by atoms with E-state index >= 15 is 0 Å². The zero-order valence-electron chi connectivity index (χ0n) is 9.82. The van der Waals surface area contributed by atoms with Gasteiger partial charge in [0, 0.05) is 12.0 Å². The molecule has 0 saturated heterocycles. The molecule has 17 heavy (non-hydrogen) atoms. The van der Waals surface area contributed by atoms with Gasteiger partial charge in [0.1, 0.15) is 5.82 Å². The molecule has 0 bridgehead atoms. The molecule has 1 unspecified atom stereocenters. The van der Waals surface area contributed by atoms with Crippen molar-refractivity contribution in [2.24, 2.45) is 5.73 Å². The summed E-state index contributed by atoms with van der Waals surface area (Å²) in [5.41, 5.74) is 6.98. The molecule has 1 atom stereocenters. The fourth-order valence-corrected chi connectivity index (χ4v) is 1.94. The average molecular weight is 233 g/mol. The van der Waals surface area contributed by atoms with Crippen LogP contribution in [0.1, 0.15) is 18.5 Å². The molecule has 2 nitrogen and oxygen atoms in total. The highest BCUT2D eigenvalue weighted by atomic mass is 19.1. The van der Waals surface area contributed by atoms with Crippen LogP contribution in [0.4, 0.5) is 4.39 Å². The van der Waals surface area contributed by atoms with E-state index in [2.05, 4.69) is 0 Å². The van der Waals surface area contributed by atoms with Crippen LogP contribution in [-0.2, 0) is 4.74 Å². The predicted octanol–water partition coefficient (Wildman–Crippen LogP) is 3.02. The summed E-state index contributed by atoms with van der Waals surface area (Å²) in [5.74, 6) is -0.215. The molecule has 0 spiro atoms. The third kappa shape index (κ3) is 2.46. The van der Waals surface area contributed by atoms with E-state index in [9.17, 15) is 4.39 Å². The third-order valence-electron chi connectivity index (χ3n) is 2.81. The number of benzene rings is 2. The van der Waals surface area contributed by atoms with Gasteiger partial charge in [-0.3, -0.25) is 0 Å². The van der Waals surface area contributed by atoms with Crippen LogP contribution in [0, 0.1) is 5.82 Å². The molecule has 2 aromatic rings. The number of hydrogen-bond acceptors (Lipinski definition) is 2. The lowest BCUT2D eigenvalue weighted by molar-refractivity contribution is 0.134. The van der Waals surface area contributed by atoms with Crippen molar-refractivity contribution in [1.29, 1.82) is 0 Å². The van der Waals surface area contributed by atoms with Gasteiger partial charge in [0.05, 0.1) is 12.6 Å². The van der Waals surface area contributed by atoms with Crippen LogP contribution in [0.2, 0.25) is 0 Å². The highest BCUT2D eigenvalue weighted by molar-refractivity contribution is 5.86. The summed E-state index contributed by atoms with van der Waals surface area (Å²) < 4.78 is 18.9. The summed E-state index contributed by atoms with van der Waals surface area (Å²) in [6, 6.07) is 10.3. The first-order valence-corrected chi connectivity index (χ1v) is 5.74. The summed E-state index contributed by atoms with van der Waals surface area (Å²) in [4.78, 5) is 0. The van der Waals surface area contributed by atoms with Gasteiger partial charge in [-0.15, -0.1) is 0 Å². The Morgan fingerprint density at radius 1 is 1.18 bits per heavy atom. The van der Waals surface area contributed by atoms with Crippen molar-refractivity contribution in [2.75, 3.05) is 13.2 Å². The van der Waals surface area contributed by atoms with Gasteiger partial charge in [-0.1, -0.05) is 30.3 Å². The van der Waals surface area contributed by atoms with Crippen LogP contribution in [-0.4, -0.2) is 13.2 Å². The summed E-state index contributed by atoms with van der Waals surface area (Å²) >= 11 is 0. The second-order valence-electron chi connectivity index (χ2n) is 3.95. The minimum Gasteiger partial charge on any atom is -0.380 e. The first-order chi connectivity index (χ1) is 8.24. The van der Waals surface area contributed by atoms with E-state index in [1.165, 1.54) is 6.07 Å². The highest BCUT2D eigenvalue weighted by Gasteiger charge is 2.11. The van der Waals surface area contributed by atoms with E-state index in [0.29, 0.717) is 18.6 Å². The topological polar surface area (TPSA) is 35.2 Å². The van der Waals surface area contributed by atoms with E-state index < -0.39 is 0 Å². The lowest BCUT2D eigenvalue weighted by Gasteiger charge is -2.14. The van der Waals surface area contributed by atoms with Gasteiger partial charge in [-0.2, -0.15) is 0 Å². The Morgan fingerprint density at radius 3 is 2.59 bits per heavy atom. The standard InChI is InChI=1S/C14H16FNO/c1-2-17-9-14(16)12-7-8-13(15)11-6-4-3-5-10(11)12/h3-8,14H,2,9,16H2,1H3. The molecule has 0 heterocycles. The van der Waals surface area contributed by atoms with E-state index in [1.54, 1.807) is 12.1 Å². The molecule has 2 N–H and O–H groups in total. The van der Waals surface area contributed by atoms with E-state index in [0.717, 1.165) is 10.9 Å². The lowest BCUT2D eigenvalue weighted by atomic mass is 9.99. The molecule has 0 amide bonds. The van der Waals surface area contributed by atoms with Gasteiger partial charge in [-0.25, -0.2) is 4.39 Å². The Morgan fingerprint density at radius 2 is 1.88 bits per heavy atom. The van der Waals surface area contributed by atoms with Crippen LogP contribution >= 0.6 is 0 Å². The number of ether oxygens (including phenoxy) is 1. The van der Waals surface area contributed by atoms with Gasteiger partial charge < -0.3 is 10.5 Å².